The summed E-state index contributed by atoms with van der Waals surface area (Å²) < 4.78 is 15.8. The number of imide groups is 2. The smallest absolute Gasteiger partial charge is 0.332 e. The van der Waals surface area contributed by atoms with E-state index >= 15 is 0 Å². The fourth-order valence-corrected chi connectivity index (χ4v) is 3.53. The molecule has 0 aliphatic carbocycles. The fraction of sp³-hybridized carbons (Fsp3) is 0.500. The van der Waals surface area contributed by atoms with E-state index < -0.39 is 41.7 Å². The van der Waals surface area contributed by atoms with Gasteiger partial charge in [-0.1, -0.05) is 0 Å². The molecular formula is C22H27N3O9. The molecule has 2 unspecified atom stereocenters. The zero-order valence-corrected chi connectivity index (χ0v) is 18.7. The maximum atomic E-state index is 12.8. The van der Waals surface area contributed by atoms with Gasteiger partial charge in [0.15, 0.2) is 6.10 Å². The number of aliphatic carboxylic acids is 1. The molecule has 184 valence electrons. The minimum absolute atomic E-state index is 0.0688. The summed E-state index contributed by atoms with van der Waals surface area (Å²) in [6, 6.07) is 3.76. The lowest BCUT2D eigenvalue weighted by Gasteiger charge is -2.27. The minimum Gasteiger partial charge on any atom is -0.479 e. The summed E-state index contributed by atoms with van der Waals surface area (Å²) in [6.45, 7) is 3.36. The van der Waals surface area contributed by atoms with Gasteiger partial charge in [0.2, 0.25) is 11.8 Å². The molecule has 3 N–H and O–H groups in total. The van der Waals surface area contributed by atoms with Gasteiger partial charge in [-0.15, -0.1) is 0 Å². The lowest BCUT2D eigenvalue weighted by molar-refractivity contribution is -0.150. The van der Waals surface area contributed by atoms with Crippen LogP contribution in [0.5, 0.6) is 0 Å². The van der Waals surface area contributed by atoms with Crippen LogP contribution in [0.4, 0.5) is 5.69 Å². The third kappa shape index (κ3) is 6.16. The first-order valence-corrected chi connectivity index (χ1v) is 10.9. The molecule has 0 aromatic heterocycles. The molecule has 0 bridgehead atoms. The predicted molar refractivity (Wildman–Crippen MR) is 116 cm³/mol. The van der Waals surface area contributed by atoms with Gasteiger partial charge >= 0.3 is 5.97 Å². The van der Waals surface area contributed by atoms with Crippen molar-refractivity contribution in [1.82, 2.24) is 10.2 Å². The van der Waals surface area contributed by atoms with Gasteiger partial charge in [0, 0.05) is 18.7 Å². The summed E-state index contributed by atoms with van der Waals surface area (Å²) in [7, 11) is 0. The number of fused-ring (bicyclic) bond motifs is 1. The zero-order valence-electron chi connectivity index (χ0n) is 18.7. The van der Waals surface area contributed by atoms with Crippen molar-refractivity contribution in [3.8, 4) is 0 Å². The summed E-state index contributed by atoms with van der Waals surface area (Å²) in [5, 5.41) is 14.0. The molecule has 2 atom stereocenters. The number of carbonyl (C=O) groups is 5. The van der Waals surface area contributed by atoms with E-state index in [-0.39, 0.29) is 37.2 Å². The van der Waals surface area contributed by atoms with E-state index in [1.807, 2.05) is 0 Å². The van der Waals surface area contributed by atoms with Crippen molar-refractivity contribution in [3.63, 3.8) is 0 Å². The standard InChI is InChI=1S/C22H27N3O9/c1-13(22(30)31)34-11-10-33-9-8-32-7-6-23-14-2-3-15-16(12-14)21(29)25(20(15)28)17-4-5-18(26)24-19(17)27/h2-3,12-13,17,23H,4-11H2,1H3,(H,30,31)(H,24,26,27). The SMILES string of the molecule is CC(OCCOCCOCCNc1ccc2c(c1)C(=O)N(C1CCC(=O)NC1=O)C2=O)C(=O)O. The van der Waals surface area contributed by atoms with Crippen LogP contribution in [0.2, 0.25) is 0 Å². The number of ether oxygens (including phenoxy) is 3. The summed E-state index contributed by atoms with van der Waals surface area (Å²) >= 11 is 0. The first-order chi connectivity index (χ1) is 16.3. The lowest BCUT2D eigenvalue weighted by atomic mass is 10.0. The highest BCUT2D eigenvalue weighted by Gasteiger charge is 2.44. The molecule has 4 amide bonds. The van der Waals surface area contributed by atoms with Crippen LogP contribution in [-0.2, 0) is 28.6 Å². The number of carbonyl (C=O) groups excluding carboxylic acids is 4. The second-order valence-electron chi connectivity index (χ2n) is 7.71. The van der Waals surface area contributed by atoms with Gasteiger partial charge in [-0.3, -0.25) is 29.4 Å². The number of hydrogen-bond donors (Lipinski definition) is 3. The number of nitrogens with one attached hydrogen (secondary N) is 2. The van der Waals surface area contributed by atoms with Crippen LogP contribution in [0.1, 0.15) is 40.5 Å². The van der Waals surface area contributed by atoms with Crippen LogP contribution in [0.25, 0.3) is 0 Å². The quantitative estimate of drug-likeness (QED) is 0.261. The van der Waals surface area contributed by atoms with Gasteiger partial charge in [-0.25, -0.2) is 4.79 Å². The maximum absolute atomic E-state index is 12.8. The van der Waals surface area contributed by atoms with E-state index in [9.17, 15) is 24.0 Å². The number of rotatable bonds is 13. The van der Waals surface area contributed by atoms with Gasteiger partial charge in [0.25, 0.3) is 11.8 Å². The molecule has 2 aliphatic rings. The Labute approximate surface area is 195 Å². The van der Waals surface area contributed by atoms with Crippen molar-refractivity contribution in [2.45, 2.75) is 31.9 Å². The fourth-order valence-electron chi connectivity index (χ4n) is 3.53. The molecule has 0 radical (unpaired) electrons. The van der Waals surface area contributed by atoms with E-state index in [1.165, 1.54) is 13.0 Å². The first-order valence-electron chi connectivity index (χ1n) is 10.9. The normalized spacial score (nSPS) is 18.6. The highest BCUT2D eigenvalue weighted by molar-refractivity contribution is 6.23. The number of carboxylic acids is 1. The predicted octanol–water partition coefficient (Wildman–Crippen LogP) is 0.0226. The molecule has 1 aromatic rings. The van der Waals surface area contributed by atoms with Crippen LogP contribution >= 0.6 is 0 Å². The van der Waals surface area contributed by atoms with Crippen molar-refractivity contribution in [1.29, 1.82) is 0 Å². The molecule has 12 nitrogen and oxygen atoms in total. The Balaban J connectivity index is 1.38. The van der Waals surface area contributed by atoms with Crippen molar-refractivity contribution in [2.24, 2.45) is 0 Å². The highest BCUT2D eigenvalue weighted by Crippen LogP contribution is 2.29. The van der Waals surface area contributed by atoms with E-state index in [4.69, 9.17) is 19.3 Å². The Morgan fingerprint density at radius 2 is 1.76 bits per heavy atom. The Hall–Kier alpha value is -3.35. The summed E-state index contributed by atoms with van der Waals surface area (Å²) in [4.78, 5) is 60.5. The van der Waals surface area contributed by atoms with Crippen LogP contribution in [-0.4, -0.2) is 91.3 Å². The molecule has 3 rings (SSSR count). The third-order valence-corrected chi connectivity index (χ3v) is 5.33. The Kier molecular flexibility index (Phi) is 8.68. The summed E-state index contributed by atoms with van der Waals surface area (Å²) in [5.74, 6) is -3.20. The van der Waals surface area contributed by atoms with Crippen molar-refractivity contribution < 1.29 is 43.3 Å². The molecule has 12 heteroatoms. The molecule has 1 aromatic carbocycles. The minimum atomic E-state index is -1.03. The highest BCUT2D eigenvalue weighted by atomic mass is 16.6. The van der Waals surface area contributed by atoms with Crippen LogP contribution in [0.3, 0.4) is 0 Å². The van der Waals surface area contributed by atoms with E-state index in [2.05, 4.69) is 10.6 Å². The average Bonchev–Trinajstić information content (AvgIpc) is 3.04. The van der Waals surface area contributed by atoms with Crippen LogP contribution in [0.15, 0.2) is 18.2 Å². The lowest BCUT2D eigenvalue weighted by Crippen LogP contribution is -2.54. The molecular weight excluding hydrogens is 450 g/mol. The number of benzene rings is 1. The monoisotopic (exact) mass is 477 g/mol. The van der Waals surface area contributed by atoms with E-state index in [1.54, 1.807) is 12.1 Å². The van der Waals surface area contributed by atoms with E-state index in [0.29, 0.717) is 32.1 Å². The Bertz CT molecular complexity index is 965. The van der Waals surface area contributed by atoms with Gasteiger partial charge < -0.3 is 24.6 Å². The number of nitrogens with zero attached hydrogens (tertiary/aromatic N) is 1. The zero-order chi connectivity index (χ0) is 24.7. The maximum Gasteiger partial charge on any atom is 0.332 e. The van der Waals surface area contributed by atoms with Crippen LogP contribution in [0, 0.1) is 0 Å². The molecule has 0 spiro atoms. The number of amides is 4. The number of hydrogen-bond acceptors (Lipinski definition) is 9. The van der Waals surface area contributed by atoms with Gasteiger partial charge in [0.05, 0.1) is 44.2 Å². The second-order valence-corrected chi connectivity index (χ2v) is 7.71. The van der Waals surface area contributed by atoms with Crippen molar-refractivity contribution in [3.05, 3.63) is 29.3 Å². The Morgan fingerprint density at radius 1 is 1.09 bits per heavy atom. The second kappa shape index (κ2) is 11.7. The molecule has 1 fully saturated rings. The number of anilines is 1. The molecule has 2 aliphatic heterocycles. The average molecular weight is 477 g/mol. The van der Waals surface area contributed by atoms with Gasteiger partial charge in [-0.05, 0) is 31.5 Å². The molecule has 2 heterocycles. The summed E-state index contributed by atoms with van der Waals surface area (Å²) in [5.41, 5.74) is 1.04. The van der Waals surface area contributed by atoms with Crippen molar-refractivity contribution >= 4 is 35.3 Å². The Morgan fingerprint density at radius 3 is 2.47 bits per heavy atom. The molecule has 0 saturated carbocycles. The number of carboxylic acid groups (broad SMARTS) is 1. The first kappa shape index (κ1) is 25.3. The summed E-state index contributed by atoms with van der Waals surface area (Å²) in [6.07, 6.45) is -0.699. The largest absolute Gasteiger partial charge is 0.479 e. The number of piperidine rings is 1. The molecule has 34 heavy (non-hydrogen) atoms. The van der Waals surface area contributed by atoms with Crippen LogP contribution < -0.4 is 10.6 Å². The van der Waals surface area contributed by atoms with Gasteiger partial charge in [-0.2, -0.15) is 0 Å². The topological polar surface area (TPSA) is 161 Å². The van der Waals surface area contributed by atoms with Crippen molar-refractivity contribution in [2.75, 3.05) is 44.9 Å². The van der Waals surface area contributed by atoms with E-state index in [0.717, 1.165) is 4.90 Å². The third-order valence-electron chi connectivity index (χ3n) is 5.33. The van der Waals surface area contributed by atoms with Gasteiger partial charge in [0.1, 0.15) is 6.04 Å². The molecule has 1 saturated heterocycles.